The van der Waals surface area contributed by atoms with Gasteiger partial charge in [-0.3, -0.25) is 4.98 Å². The number of aromatic nitrogens is 1. The molecule has 0 bridgehead atoms. The van der Waals surface area contributed by atoms with Crippen molar-refractivity contribution in [3.05, 3.63) is 42.1 Å². The third-order valence-corrected chi connectivity index (χ3v) is 5.28. The van der Waals surface area contributed by atoms with E-state index in [1.54, 1.807) is 0 Å². The Balaban J connectivity index is 1.85. The maximum absolute atomic E-state index is 6.75. The zero-order valence-corrected chi connectivity index (χ0v) is 13.4. The van der Waals surface area contributed by atoms with Gasteiger partial charge in [-0.05, 0) is 54.7 Å². The molecule has 0 unspecified atom stereocenters. The van der Waals surface area contributed by atoms with Gasteiger partial charge in [-0.25, -0.2) is 0 Å². The minimum atomic E-state index is -0.173. The number of nitrogens with zero attached hydrogens (tertiary/aromatic N) is 1. The lowest BCUT2D eigenvalue weighted by atomic mass is 9.66. The lowest BCUT2D eigenvalue weighted by Crippen LogP contribution is -2.42. The summed E-state index contributed by atoms with van der Waals surface area (Å²) >= 11 is 0. The van der Waals surface area contributed by atoms with Gasteiger partial charge >= 0.3 is 0 Å². The molecule has 0 aliphatic heterocycles. The van der Waals surface area contributed by atoms with Gasteiger partial charge in [0.1, 0.15) is 0 Å². The fourth-order valence-corrected chi connectivity index (χ4v) is 3.66. The predicted octanol–water partition coefficient (Wildman–Crippen LogP) is 4.63. The first-order valence-corrected chi connectivity index (χ1v) is 8.03. The van der Waals surface area contributed by atoms with Crippen LogP contribution < -0.4 is 5.73 Å². The van der Waals surface area contributed by atoms with Crippen molar-refractivity contribution in [2.75, 3.05) is 0 Å². The van der Waals surface area contributed by atoms with Gasteiger partial charge in [-0.1, -0.05) is 39.0 Å². The van der Waals surface area contributed by atoms with Crippen LogP contribution in [0.4, 0.5) is 0 Å². The van der Waals surface area contributed by atoms with Gasteiger partial charge in [0.05, 0.1) is 5.52 Å². The van der Waals surface area contributed by atoms with Crippen LogP contribution in [-0.4, -0.2) is 4.98 Å². The van der Waals surface area contributed by atoms with Gasteiger partial charge in [0, 0.05) is 17.1 Å². The minimum absolute atomic E-state index is 0.173. The summed E-state index contributed by atoms with van der Waals surface area (Å²) in [6, 6.07) is 10.6. The zero-order valence-electron chi connectivity index (χ0n) is 13.4. The topological polar surface area (TPSA) is 38.9 Å². The van der Waals surface area contributed by atoms with Crippen molar-refractivity contribution in [3.8, 4) is 0 Å². The number of rotatable bonds is 1. The Labute approximate surface area is 127 Å². The molecule has 21 heavy (non-hydrogen) atoms. The fraction of sp³-hybridized carbons (Fsp3) is 0.526. The molecule has 0 radical (unpaired) electrons. The van der Waals surface area contributed by atoms with Crippen LogP contribution in [0.3, 0.4) is 0 Å². The molecule has 0 spiro atoms. The molecular formula is C19H26N2. The Kier molecular flexibility index (Phi) is 3.53. The molecule has 112 valence electrons. The van der Waals surface area contributed by atoms with Gasteiger partial charge in [0.15, 0.2) is 0 Å². The molecule has 0 saturated heterocycles. The van der Waals surface area contributed by atoms with Crippen LogP contribution in [0.15, 0.2) is 36.5 Å². The van der Waals surface area contributed by atoms with E-state index in [0.717, 1.165) is 24.3 Å². The molecule has 1 aliphatic carbocycles. The van der Waals surface area contributed by atoms with Gasteiger partial charge < -0.3 is 5.73 Å². The van der Waals surface area contributed by atoms with Gasteiger partial charge in [-0.2, -0.15) is 0 Å². The maximum atomic E-state index is 6.75. The second kappa shape index (κ2) is 5.10. The first kappa shape index (κ1) is 14.5. The quantitative estimate of drug-likeness (QED) is 0.828. The Bertz CT molecular complexity index is 631. The Morgan fingerprint density at radius 2 is 1.86 bits per heavy atom. The highest BCUT2D eigenvalue weighted by molar-refractivity contribution is 5.79. The molecule has 2 aromatic rings. The van der Waals surface area contributed by atoms with Crippen molar-refractivity contribution in [2.45, 2.75) is 52.0 Å². The van der Waals surface area contributed by atoms with Crippen LogP contribution in [0, 0.1) is 11.3 Å². The summed E-state index contributed by atoms with van der Waals surface area (Å²) in [7, 11) is 0. The Morgan fingerprint density at radius 1 is 1.14 bits per heavy atom. The molecular weight excluding hydrogens is 256 g/mol. The lowest BCUT2D eigenvalue weighted by molar-refractivity contribution is 0.134. The van der Waals surface area contributed by atoms with E-state index < -0.39 is 0 Å². The summed E-state index contributed by atoms with van der Waals surface area (Å²) in [6.45, 7) is 7.05. The molecule has 1 heterocycles. The van der Waals surface area contributed by atoms with E-state index >= 15 is 0 Å². The summed E-state index contributed by atoms with van der Waals surface area (Å²) in [5, 5.41) is 1.19. The van der Waals surface area contributed by atoms with Gasteiger partial charge in [0.25, 0.3) is 0 Å². The van der Waals surface area contributed by atoms with E-state index in [1.807, 2.05) is 12.3 Å². The van der Waals surface area contributed by atoms with Crippen molar-refractivity contribution >= 4 is 10.9 Å². The summed E-state index contributed by atoms with van der Waals surface area (Å²) in [5.41, 5.74) is 9.28. The van der Waals surface area contributed by atoms with E-state index in [4.69, 9.17) is 5.73 Å². The molecule has 1 aromatic heterocycles. The smallest absolute Gasteiger partial charge is 0.0705 e. The Hall–Kier alpha value is -1.41. The highest BCUT2D eigenvalue weighted by Crippen LogP contribution is 2.44. The number of fused-ring (bicyclic) bond motifs is 1. The third kappa shape index (κ3) is 2.82. The van der Waals surface area contributed by atoms with E-state index in [1.165, 1.54) is 23.8 Å². The van der Waals surface area contributed by atoms with E-state index in [-0.39, 0.29) is 5.54 Å². The molecule has 0 atom stereocenters. The zero-order chi connectivity index (χ0) is 15.1. The number of pyridine rings is 1. The highest BCUT2D eigenvalue weighted by Gasteiger charge is 2.37. The molecule has 3 rings (SSSR count). The van der Waals surface area contributed by atoms with Gasteiger partial charge in [0.2, 0.25) is 0 Å². The largest absolute Gasteiger partial charge is 0.321 e. The first-order chi connectivity index (χ1) is 9.88. The van der Waals surface area contributed by atoms with Crippen LogP contribution in [0.25, 0.3) is 10.9 Å². The second-order valence-electron chi connectivity index (χ2n) is 7.71. The average molecular weight is 282 g/mol. The number of hydrogen-bond acceptors (Lipinski definition) is 2. The van der Waals surface area contributed by atoms with E-state index in [2.05, 4.69) is 50.0 Å². The third-order valence-electron chi connectivity index (χ3n) is 5.28. The van der Waals surface area contributed by atoms with Crippen LogP contribution in [-0.2, 0) is 5.54 Å². The lowest BCUT2D eigenvalue weighted by Gasteiger charge is -2.42. The number of nitrogens with two attached hydrogens (primary N) is 1. The van der Waals surface area contributed by atoms with Crippen LogP contribution in [0.2, 0.25) is 0 Å². The molecule has 1 fully saturated rings. The standard InChI is InChI=1S/C19H26N2/c1-18(2,3)15-8-10-19(20,11-9-15)16-7-6-14-5-4-12-21-17(14)13-16/h4-7,12-13,15H,8-11,20H2,1-3H3. The van der Waals surface area contributed by atoms with Crippen molar-refractivity contribution in [3.63, 3.8) is 0 Å². The van der Waals surface area contributed by atoms with Crippen molar-refractivity contribution in [1.82, 2.24) is 4.98 Å². The molecule has 1 aliphatic rings. The fourth-order valence-electron chi connectivity index (χ4n) is 3.66. The van der Waals surface area contributed by atoms with Crippen molar-refractivity contribution in [1.29, 1.82) is 0 Å². The molecule has 2 N–H and O–H groups in total. The normalized spacial score (nSPS) is 27.0. The average Bonchev–Trinajstić information content (AvgIpc) is 2.46. The molecule has 1 saturated carbocycles. The molecule has 0 amide bonds. The predicted molar refractivity (Wildman–Crippen MR) is 89.0 cm³/mol. The monoisotopic (exact) mass is 282 g/mol. The Morgan fingerprint density at radius 3 is 2.52 bits per heavy atom. The molecule has 2 heteroatoms. The summed E-state index contributed by atoms with van der Waals surface area (Å²) < 4.78 is 0. The maximum Gasteiger partial charge on any atom is 0.0705 e. The van der Waals surface area contributed by atoms with Gasteiger partial charge in [-0.15, -0.1) is 0 Å². The van der Waals surface area contributed by atoms with E-state index in [9.17, 15) is 0 Å². The van der Waals surface area contributed by atoms with Crippen molar-refractivity contribution in [2.24, 2.45) is 17.1 Å². The van der Waals surface area contributed by atoms with Crippen LogP contribution >= 0.6 is 0 Å². The number of benzene rings is 1. The highest BCUT2D eigenvalue weighted by atomic mass is 14.8. The SMILES string of the molecule is CC(C)(C)C1CCC(N)(c2ccc3cccnc3c2)CC1. The van der Waals surface area contributed by atoms with Crippen molar-refractivity contribution < 1.29 is 0 Å². The van der Waals surface area contributed by atoms with E-state index in [0.29, 0.717) is 5.41 Å². The summed E-state index contributed by atoms with van der Waals surface area (Å²) in [6.07, 6.45) is 6.45. The summed E-state index contributed by atoms with van der Waals surface area (Å²) in [5.74, 6) is 0.785. The summed E-state index contributed by atoms with van der Waals surface area (Å²) in [4.78, 5) is 4.47. The van der Waals surface area contributed by atoms with Crippen LogP contribution in [0.1, 0.15) is 52.0 Å². The second-order valence-corrected chi connectivity index (χ2v) is 7.71. The molecule has 2 nitrogen and oxygen atoms in total. The van der Waals surface area contributed by atoms with Crippen LogP contribution in [0.5, 0.6) is 0 Å². The number of hydrogen-bond donors (Lipinski definition) is 1. The first-order valence-electron chi connectivity index (χ1n) is 8.03. The minimum Gasteiger partial charge on any atom is -0.321 e. The molecule has 1 aromatic carbocycles.